The molecule has 0 spiro atoms. The van der Waals surface area contributed by atoms with E-state index >= 15 is 0 Å². The Balaban J connectivity index is 2.75. The molecule has 2 N–H and O–H groups in total. The summed E-state index contributed by atoms with van der Waals surface area (Å²) in [6.45, 7) is 3.85. The lowest BCUT2D eigenvalue weighted by molar-refractivity contribution is -0.116. The van der Waals surface area contributed by atoms with Gasteiger partial charge in [0.15, 0.2) is 0 Å². The van der Waals surface area contributed by atoms with E-state index in [1.54, 1.807) is 0 Å². The number of nitrogens with one attached hydrogen (secondary N) is 1. The summed E-state index contributed by atoms with van der Waals surface area (Å²) >= 11 is 0. The Morgan fingerprint density at radius 2 is 2.36 bits per heavy atom. The molecule has 1 unspecified atom stereocenters. The van der Waals surface area contributed by atoms with Gasteiger partial charge in [0.2, 0.25) is 5.91 Å². The van der Waals surface area contributed by atoms with Crippen molar-refractivity contribution >= 4 is 5.91 Å². The lowest BCUT2D eigenvalue weighted by Gasteiger charge is -2.01. The Labute approximate surface area is 66.1 Å². The Morgan fingerprint density at radius 1 is 1.73 bits per heavy atom. The van der Waals surface area contributed by atoms with Gasteiger partial charge in [0.1, 0.15) is 0 Å². The minimum atomic E-state index is -0.0626. The summed E-state index contributed by atoms with van der Waals surface area (Å²) in [4.78, 5) is 11.1. The van der Waals surface area contributed by atoms with Crippen molar-refractivity contribution in [2.24, 2.45) is 0 Å². The molecule has 3 nitrogen and oxygen atoms in total. The van der Waals surface area contributed by atoms with E-state index in [1.165, 1.54) is 0 Å². The van der Waals surface area contributed by atoms with E-state index in [2.05, 4.69) is 5.32 Å². The van der Waals surface area contributed by atoms with Crippen molar-refractivity contribution < 1.29 is 9.90 Å². The van der Waals surface area contributed by atoms with E-state index in [9.17, 15) is 4.79 Å². The van der Waals surface area contributed by atoms with Crippen molar-refractivity contribution in [1.29, 1.82) is 0 Å². The third-order valence-electron chi connectivity index (χ3n) is 1.88. The topological polar surface area (TPSA) is 49.3 Å². The smallest absolute Gasteiger partial charge is 0.247 e. The second kappa shape index (κ2) is 3.05. The Hall–Kier alpha value is -0.830. The Kier molecular flexibility index (Phi) is 2.29. The number of hydrogen-bond donors (Lipinski definition) is 2. The third kappa shape index (κ3) is 1.60. The zero-order valence-corrected chi connectivity index (χ0v) is 6.85. The van der Waals surface area contributed by atoms with Crippen LogP contribution in [0.1, 0.15) is 20.3 Å². The fourth-order valence-electron chi connectivity index (χ4n) is 1.20. The van der Waals surface area contributed by atoms with Crippen LogP contribution >= 0.6 is 0 Å². The first-order valence-electron chi connectivity index (χ1n) is 3.73. The molecule has 1 aliphatic rings. The summed E-state index contributed by atoms with van der Waals surface area (Å²) in [5.41, 5.74) is 1.86. The molecule has 0 aromatic heterocycles. The average molecular weight is 155 g/mol. The SMILES string of the molecule is CC(C)=C1CC(CO)NC1=O. The molecule has 3 heteroatoms. The number of aliphatic hydroxyl groups is 1. The minimum absolute atomic E-state index is 0.0240. The van der Waals surface area contributed by atoms with Crippen LogP contribution in [0.25, 0.3) is 0 Å². The number of aliphatic hydroxyl groups excluding tert-OH is 1. The highest BCUT2D eigenvalue weighted by atomic mass is 16.3. The van der Waals surface area contributed by atoms with Gasteiger partial charge in [-0.1, -0.05) is 5.57 Å². The van der Waals surface area contributed by atoms with Gasteiger partial charge in [-0.25, -0.2) is 0 Å². The van der Waals surface area contributed by atoms with Crippen LogP contribution in [0.15, 0.2) is 11.1 Å². The zero-order chi connectivity index (χ0) is 8.43. The lowest BCUT2D eigenvalue weighted by Crippen LogP contribution is -2.28. The summed E-state index contributed by atoms with van der Waals surface area (Å²) in [7, 11) is 0. The Morgan fingerprint density at radius 3 is 2.64 bits per heavy atom. The molecular weight excluding hydrogens is 142 g/mol. The van der Waals surface area contributed by atoms with E-state index < -0.39 is 0 Å². The monoisotopic (exact) mass is 155 g/mol. The van der Waals surface area contributed by atoms with Gasteiger partial charge in [-0.15, -0.1) is 0 Å². The first-order chi connectivity index (χ1) is 5.15. The van der Waals surface area contributed by atoms with Gasteiger partial charge in [0.05, 0.1) is 12.6 Å². The summed E-state index contributed by atoms with van der Waals surface area (Å²) in [6, 6.07) is -0.0626. The molecule has 1 heterocycles. The van der Waals surface area contributed by atoms with Crippen molar-refractivity contribution in [3.8, 4) is 0 Å². The second-order valence-corrected chi connectivity index (χ2v) is 3.04. The average Bonchev–Trinajstić information content (AvgIpc) is 2.30. The van der Waals surface area contributed by atoms with E-state index in [-0.39, 0.29) is 18.6 Å². The molecule has 1 fully saturated rings. The summed E-state index contributed by atoms with van der Waals surface area (Å²) in [5.74, 6) is -0.0240. The molecule has 1 amide bonds. The quantitative estimate of drug-likeness (QED) is 0.531. The van der Waals surface area contributed by atoms with Gasteiger partial charge in [0.25, 0.3) is 0 Å². The Bertz CT molecular complexity index is 204. The lowest BCUT2D eigenvalue weighted by atomic mass is 10.1. The molecule has 11 heavy (non-hydrogen) atoms. The molecule has 1 atom stereocenters. The largest absolute Gasteiger partial charge is 0.394 e. The highest BCUT2D eigenvalue weighted by Crippen LogP contribution is 2.17. The van der Waals surface area contributed by atoms with Crippen molar-refractivity contribution in [3.63, 3.8) is 0 Å². The minimum Gasteiger partial charge on any atom is -0.394 e. The van der Waals surface area contributed by atoms with E-state index in [0.29, 0.717) is 6.42 Å². The number of carbonyl (C=O) groups excluding carboxylic acids is 1. The maximum Gasteiger partial charge on any atom is 0.247 e. The third-order valence-corrected chi connectivity index (χ3v) is 1.88. The van der Waals surface area contributed by atoms with Gasteiger partial charge >= 0.3 is 0 Å². The summed E-state index contributed by atoms with van der Waals surface area (Å²) in [6.07, 6.45) is 0.664. The van der Waals surface area contributed by atoms with Gasteiger partial charge in [-0.3, -0.25) is 4.79 Å². The molecule has 0 aromatic rings. The van der Waals surface area contributed by atoms with Crippen LogP contribution in [-0.4, -0.2) is 23.7 Å². The predicted molar refractivity (Wildman–Crippen MR) is 42.0 cm³/mol. The molecule has 0 aliphatic carbocycles. The molecule has 62 valence electrons. The maximum atomic E-state index is 11.1. The van der Waals surface area contributed by atoms with Gasteiger partial charge < -0.3 is 10.4 Å². The van der Waals surface area contributed by atoms with Crippen LogP contribution in [0.2, 0.25) is 0 Å². The zero-order valence-electron chi connectivity index (χ0n) is 6.85. The maximum absolute atomic E-state index is 11.1. The number of hydrogen-bond acceptors (Lipinski definition) is 2. The normalized spacial score (nSPS) is 23.7. The van der Waals surface area contributed by atoms with Gasteiger partial charge in [0, 0.05) is 12.0 Å². The van der Waals surface area contributed by atoms with Crippen molar-refractivity contribution in [2.75, 3.05) is 6.61 Å². The fraction of sp³-hybridized carbons (Fsp3) is 0.625. The highest BCUT2D eigenvalue weighted by molar-refractivity contribution is 5.96. The molecule has 0 aromatic carbocycles. The van der Waals surface area contributed by atoms with Crippen molar-refractivity contribution in [3.05, 3.63) is 11.1 Å². The molecule has 1 aliphatic heterocycles. The number of allylic oxidation sites excluding steroid dienone is 1. The highest BCUT2D eigenvalue weighted by Gasteiger charge is 2.25. The van der Waals surface area contributed by atoms with Crippen LogP contribution < -0.4 is 5.32 Å². The summed E-state index contributed by atoms with van der Waals surface area (Å²) in [5, 5.41) is 11.4. The first kappa shape index (κ1) is 8.27. The van der Waals surface area contributed by atoms with Crippen LogP contribution in [0.3, 0.4) is 0 Å². The summed E-state index contributed by atoms with van der Waals surface area (Å²) < 4.78 is 0. The standard InChI is InChI=1S/C8H13NO2/c1-5(2)7-3-6(4-10)9-8(7)11/h6,10H,3-4H2,1-2H3,(H,9,11). The molecular formula is C8H13NO2. The number of amides is 1. The molecule has 0 radical (unpaired) electrons. The first-order valence-corrected chi connectivity index (χ1v) is 3.73. The molecule has 0 bridgehead atoms. The van der Waals surface area contributed by atoms with E-state index in [0.717, 1.165) is 11.1 Å². The van der Waals surface area contributed by atoms with Gasteiger partial charge in [-0.05, 0) is 13.8 Å². The van der Waals surface area contributed by atoms with Gasteiger partial charge in [-0.2, -0.15) is 0 Å². The van der Waals surface area contributed by atoms with Crippen molar-refractivity contribution in [1.82, 2.24) is 5.32 Å². The van der Waals surface area contributed by atoms with E-state index in [4.69, 9.17) is 5.11 Å². The van der Waals surface area contributed by atoms with Crippen LogP contribution in [-0.2, 0) is 4.79 Å². The van der Waals surface area contributed by atoms with Crippen LogP contribution in [0.4, 0.5) is 0 Å². The van der Waals surface area contributed by atoms with Crippen molar-refractivity contribution in [2.45, 2.75) is 26.3 Å². The molecule has 0 saturated carbocycles. The van der Waals surface area contributed by atoms with E-state index in [1.807, 2.05) is 13.8 Å². The molecule has 1 saturated heterocycles. The molecule has 1 rings (SSSR count). The van der Waals surface area contributed by atoms with Crippen LogP contribution in [0.5, 0.6) is 0 Å². The predicted octanol–water partition coefficient (Wildman–Crippen LogP) is 0.204. The number of rotatable bonds is 1. The fourth-order valence-corrected chi connectivity index (χ4v) is 1.20. The second-order valence-electron chi connectivity index (χ2n) is 3.04. The van der Waals surface area contributed by atoms with Crippen LogP contribution in [0, 0.1) is 0 Å². The number of carbonyl (C=O) groups is 1.